The minimum atomic E-state index is 0.123. The van der Waals surface area contributed by atoms with Crippen LogP contribution in [0.3, 0.4) is 0 Å². The molecular weight excluding hydrogens is 224 g/mol. The molecule has 0 bridgehead atoms. The Balaban J connectivity index is 2.70. The normalized spacial score (nSPS) is 11.4. The van der Waals surface area contributed by atoms with Crippen LogP contribution in [0.5, 0.6) is 0 Å². The molecule has 0 heterocycles. The number of carbonyl (C=O) groups is 1. The highest BCUT2D eigenvalue weighted by molar-refractivity contribution is 5.78. The van der Waals surface area contributed by atoms with Gasteiger partial charge in [-0.2, -0.15) is 0 Å². The van der Waals surface area contributed by atoms with Gasteiger partial charge in [-0.15, -0.1) is 0 Å². The lowest BCUT2D eigenvalue weighted by Crippen LogP contribution is -2.35. The summed E-state index contributed by atoms with van der Waals surface area (Å²) in [6, 6.07) is 7.86. The Bertz CT molecular complexity index is 407. The van der Waals surface area contributed by atoms with Crippen molar-refractivity contribution in [2.24, 2.45) is 11.1 Å². The molecule has 0 aliphatic carbocycles. The van der Waals surface area contributed by atoms with Crippen LogP contribution in [0.1, 0.15) is 31.9 Å². The fourth-order valence-electron chi connectivity index (χ4n) is 2.03. The maximum atomic E-state index is 12.1. The number of amides is 1. The molecule has 1 aromatic rings. The van der Waals surface area contributed by atoms with Gasteiger partial charge >= 0.3 is 0 Å². The molecule has 1 rings (SSSR count). The molecule has 0 aliphatic heterocycles. The van der Waals surface area contributed by atoms with Crippen LogP contribution in [-0.4, -0.2) is 24.4 Å². The molecule has 0 aromatic heterocycles. The molecule has 0 saturated heterocycles. The van der Waals surface area contributed by atoms with E-state index in [1.165, 1.54) is 0 Å². The van der Waals surface area contributed by atoms with Crippen LogP contribution in [0.2, 0.25) is 0 Å². The fraction of sp³-hybridized carbons (Fsp3) is 0.533. The Kier molecular flexibility index (Phi) is 4.91. The highest BCUT2D eigenvalue weighted by Gasteiger charge is 2.18. The van der Waals surface area contributed by atoms with E-state index >= 15 is 0 Å². The van der Waals surface area contributed by atoms with Gasteiger partial charge in [-0.3, -0.25) is 4.79 Å². The van der Waals surface area contributed by atoms with E-state index in [1.807, 2.05) is 31.3 Å². The molecule has 3 heteroatoms. The Hall–Kier alpha value is -1.35. The number of nitrogens with two attached hydrogens (primary N) is 1. The van der Waals surface area contributed by atoms with Gasteiger partial charge in [0.15, 0.2) is 0 Å². The second kappa shape index (κ2) is 6.01. The summed E-state index contributed by atoms with van der Waals surface area (Å²) in [4.78, 5) is 13.9. The summed E-state index contributed by atoms with van der Waals surface area (Å²) in [5.74, 6) is 0.144. The van der Waals surface area contributed by atoms with Crippen molar-refractivity contribution in [3.05, 3.63) is 35.4 Å². The van der Waals surface area contributed by atoms with Crippen molar-refractivity contribution >= 4 is 5.91 Å². The summed E-state index contributed by atoms with van der Waals surface area (Å²) >= 11 is 0. The molecule has 3 nitrogen and oxygen atoms in total. The van der Waals surface area contributed by atoms with Gasteiger partial charge in [0.25, 0.3) is 0 Å². The average Bonchev–Trinajstić information content (AvgIpc) is 2.27. The van der Waals surface area contributed by atoms with E-state index in [-0.39, 0.29) is 11.3 Å². The quantitative estimate of drug-likeness (QED) is 0.888. The molecule has 1 aromatic carbocycles. The van der Waals surface area contributed by atoms with Gasteiger partial charge in [0.05, 0.1) is 6.42 Å². The Labute approximate surface area is 110 Å². The van der Waals surface area contributed by atoms with Gasteiger partial charge in [-0.25, -0.2) is 0 Å². The van der Waals surface area contributed by atoms with Crippen LogP contribution in [0.4, 0.5) is 0 Å². The van der Waals surface area contributed by atoms with Crippen molar-refractivity contribution in [3.63, 3.8) is 0 Å². The van der Waals surface area contributed by atoms with Gasteiger partial charge < -0.3 is 10.6 Å². The van der Waals surface area contributed by atoms with Gasteiger partial charge in [-0.1, -0.05) is 45.0 Å². The van der Waals surface area contributed by atoms with Crippen molar-refractivity contribution in [3.8, 4) is 0 Å². The summed E-state index contributed by atoms with van der Waals surface area (Å²) in [6.07, 6.45) is 0.431. The lowest BCUT2D eigenvalue weighted by molar-refractivity contribution is -0.130. The maximum Gasteiger partial charge on any atom is 0.226 e. The number of benzene rings is 1. The SMILES string of the molecule is CN(CC(C)(C)C)C(=O)Cc1ccccc1CN. The van der Waals surface area contributed by atoms with Crippen LogP contribution in [0.25, 0.3) is 0 Å². The zero-order valence-corrected chi connectivity index (χ0v) is 11.9. The average molecular weight is 248 g/mol. The van der Waals surface area contributed by atoms with Crippen molar-refractivity contribution < 1.29 is 4.79 Å². The first kappa shape index (κ1) is 14.7. The predicted octanol–water partition coefficient (Wildman–Crippen LogP) is 2.19. The lowest BCUT2D eigenvalue weighted by atomic mass is 9.96. The minimum absolute atomic E-state index is 0.123. The van der Waals surface area contributed by atoms with Crippen molar-refractivity contribution in [1.82, 2.24) is 4.90 Å². The van der Waals surface area contributed by atoms with Crippen LogP contribution >= 0.6 is 0 Å². The zero-order valence-electron chi connectivity index (χ0n) is 11.9. The van der Waals surface area contributed by atoms with E-state index in [2.05, 4.69) is 20.8 Å². The molecule has 2 N–H and O–H groups in total. The molecule has 0 radical (unpaired) electrons. The second-order valence-corrected chi connectivity index (χ2v) is 5.96. The first-order chi connectivity index (χ1) is 8.33. The van der Waals surface area contributed by atoms with Crippen LogP contribution < -0.4 is 5.73 Å². The first-order valence-electron chi connectivity index (χ1n) is 6.34. The van der Waals surface area contributed by atoms with Gasteiger partial charge in [0.1, 0.15) is 0 Å². The van der Waals surface area contributed by atoms with E-state index in [0.717, 1.165) is 17.7 Å². The zero-order chi connectivity index (χ0) is 13.8. The molecule has 0 spiro atoms. The number of likely N-dealkylation sites (N-methyl/N-ethyl adjacent to an activating group) is 1. The fourth-order valence-corrected chi connectivity index (χ4v) is 2.03. The standard InChI is InChI=1S/C15H24N2O/c1-15(2,3)11-17(4)14(18)9-12-7-5-6-8-13(12)10-16/h5-8H,9-11,16H2,1-4H3. The first-order valence-corrected chi connectivity index (χ1v) is 6.34. The number of hydrogen-bond acceptors (Lipinski definition) is 2. The monoisotopic (exact) mass is 248 g/mol. The third-order valence-corrected chi connectivity index (χ3v) is 2.82. The number of hydrogen-bond donors (Lipinski definition) is 1. The number of carbonyl (C=O) groups excluding carboxylic acids is 1. The number of nitrogens with zero attached hydrogens (tertiary/aromatic N) is 1. The molecule has 0 fully saturated rings. The summed E-state index contributed by atoms with van der Waals surface area (Å²) < 4.78 is 0. The molecule has 1 amide bonds. The summed E-state index contributed by atoms with van der Waals surface area (Å²) in [5, 5.41) is 0. The van der Waals surface area contributed by atoms with Crippen LogP contribution in [0, 0.1) is 5.41 Å². The minimum Gasteiger partial charge on any atom is -0.345 e. The molecule has 0 atom stereocenters. The smallest absolute Gasteiger partial charge is 0.226 e. The summed E-state index contributed by atoms with van der Waals surface area (Å²) in [7, 11) is 1.86. The largest absolute Gasteiger partial charge is 0.345 e. The Morgan fingerprint density at radius 1 is 1.22 bits per heavy atom. The highest BCUT2D eigenvalue weighted by atomic mass is 16.2. The molecule has 18 heavy (non-hydrogen) atoms. The van der Waals surface area contributed by atoms with Gasteiger partial charge in [-0.05, 0) is 16.5 Å². The molecule has 0 unspecified atom stereocenters. The van der Waals surface area contributed by atoms with E-state index in [1.54, 1.807) is 4.90 Å². The van der Waals surface area contributed by atoms with Crippen LogP contribution in [0.15, 0.2) is 24.3 Å². The summed E-state index contributed by atoms with van der Waals surface area (Å²) in [6.45, 7) is 7.63. The van der Waals surface area contributed by atoms with E-state index in [0.29, 0.717) is 13.0 Å². The second-order valence-electron chi connectivity index (χ2n) is 5.96. The van der Waals surface area contributed by atoms with Gasteiger partial charge in [0, 0.05) is 20.1 Å². The molecule has 0 aliphatic rings. The van der Waals surface area contributed by atoms with Gasteiger partial charge in [0.2, 0.25) is 5.91 Å². The van der Waals surface area contributed by atoms with Crippen molar-refractivity contribution in [2.75, 3.05) is 13.6 Å². The number of rotatable bonds is 4. The summed E-state index contributed by atoms with van der Waals surface area (Å²) in [5.41, 5.74) is 7.89. The Morgan fingerprint density at radius 3 is 2.28 bits per heavy atom. The van der Waals surface area contributed by atoms with Crippen LogP contribution in [-0.2, 0) is 17.8 Å². The third-order valence-electron chi connectivity index (χ3n) is 2.82. The maximum absolute atomic E-state index is 12.1. The Morgan fingerprint density at radius 2 is 1.78 bits per heavy atom. The van der Waals surface area contributed by atoms with Crippen molar-refractivity contribution in [2.45, 2.75) is 33.7 Å². The predicted molar refractivity (Wildman–Crippen MR) is 75.1 cm³/mol. The molecule has 0 saturated carbocycles. The van der Waals surface area contributed by atoms with E-state index in [4.69, 9.17) is 5.73 Å². The van der Waals surface area contributed by atoms with Crippen molar-refractivity contribution in [1.29, 1.82) is 0 Å². The van der Waals surface area contributed by atoms with E-state index in [9.17, 15) is 4.79 Å². The third kappa shape index (κ3) is 4.49. The highest BCUT2D eigenvalue weighted by Crippen LogP contribution is 2.16. The topological polar surface area (TPSA) is 46.3 Å². The lowest BCUT2D eigenvalue weighted by Gasteiger charge is -2.27. The van der Waals surface area contributed by atoms with E-state index < -0.39 is 0 Å². The molecular formula is C15H24N2O. The molecule has 100 valence electrons.